The van der Waals surface area contributed by atoms with Crippen molar-refractivity contribution in [2.75, 3.05) is 13.7 Å². The molecule has 1 heterocycles. The highest BCUT2D eigenvalue weighted by Crippen LogP contribution is 2.29. The van der Waals surface area contributed by atoms with Crippen LogP contribution >= 0.6 is 11.8 Å². The van der Waals surface area contributed by atoms with E-state index < -0.39 is 0 Å². The summed E-state index contributed by atoms with van der Waals surface area (Å²) in [6.45, 7) is 1.35. The van der Waals surface area contributed by atoms with Gasteiger partial charge in [0.05, 0.1) is 13.2 Å². The maximum atomic E-state index is 5.30. The van der Waals surface area contributed by atoms with E-state index in [1.165, 1.54) is 16.3 Å². The molecule has 1 aromatic heterocycles. The SMILES string of the molecule is COCCn1c(SCc2cccc3ccccc23)nnc1-c1ccccc1. The number of nitrogens with zero attached hydrogens (tertiary/aromatic N) is 3. The van der Waals surface area contributed by atoms with E-state index in [0.717, 1.165) is 28.8 Å². The molecule has 3 aromatic carbocycles. The van der Waals surface area contributed by atoms with Gasteiger partial charge in [-0.2, -0.15) is 0 Å². The van der Waals surface area contributed by atoms with Crippen molar-refractivity contribution in [3.05, 3.63) is 78.4 Å². The lowest BCUT2D eigenvalue weighted by Crippen LogP contribution is -2.07. The number of aromatic nitrogens is 3. The van der Waals surface area contributed by atoms with Crippen molar-refractivity contribution in [1.29, 1.82) is 0 Å². The summed E-state index contributed by atoms with van der Waals surface area (Å²) in [5.74, 6) is 1.73. The van der Waals surface area contributed by atoms with E-state index >= 15 is 0 Å². The van der Waals surface area contributed by atoms with Gasteiger partial charge in [-0.1, -0.05) is 84.6 Å². The fourth-order valence-electron chi connectivity index (χ4n) is 3.14. The van der Waals surface area contributed by atoms with Gasteiger partial charge in [-0.15, -0.1) is 10.2 Å². The Labute approximate surface area is 163 Å². The molecule has 4 aromatic rings. The van der Waals surface area contributed by atoms with Gasteiger partial charge in [0.2, 0.25) is 0 Å². The van der Waals surface area contributed by atoms with E-state index in [-0.39, 0.29) is 0 Å². The zero-order valence-electron chi connectivity index (χ0n) is 15.2. The summed E-state index contributed by atoms with van der Waals surface area (Å²) in [6, 6.07) is 25.1. The molecule has 0 bridgehead atoms. The minimum absolute atomic E-state index is 0.625. The van der Waals surface area contributed by atoms with E-state index in [9.17, 15) is 0 Å². The third kappa shape index (κ3) is 3.89. The molecule has 0 N–H and O–H groups in total. The van der Waals surface area contributed by atoms with E-state index in [2.05, 4.69) is 69.4 Å². The van der Waals surface area contributed by atoms with Gasteiger partial charge in [-0.05, 0) is 16.3 Å². The smallest absolute Gasteiger partial charge is 0.191 e. The van der Waals surface area contributed by atoms with Crippen molar-refractivity contribution >= 4 is 22.5 Å². The second kappa shape index (κ2) is 8.37. The van der Waals surface area contributed by atoms with Crippen LogP contribution in [0.1, 0.15) is 5.56 Å². The van der Waals surface area contributed by atoms with Gasteiger partial charge in [0, 0.05) is 18.4 Å². The first-order valence-corrected chi connectivity index (χ1v) is 9.92. The molecule has 136 valence electrons. The minimum atomic E-state index is 0.625. The summed E-state index contributed by atoms with van der Waals surface area (Å²) >= 11 is 1.71. The average molecular weight is 375 g/mol. The normalized spacial score (nSPS) is 11.1. The topological polar surface area (TPSA) is 39.9 Å². The predicted molar refractivity (Wildman–Crippen MR) is 111 cm³/mol. The number of rotatable bonds is 7. The lowest BCUT2D eigenvalue weighted by molar-refractivity contribution is 0.185. The van der Waals surface area contributed by atoms with Gasteiger partial charge in [0.25, 0.3) is 0 Å². The second-order valence-corrected chi connectivity index (χ2v) is 7.19. The highest BCUT2D eigenvalue weighted by Gasteiger charge is 2.14. The Morgan fingerprint density at radius 3 is 2.52 bits per heavy atom. The lowest BCUT2D eigenvalue weighted by Gasteiger charge is -2.10. The van der Waals surface area contributed by atoms with Gasteiger partial charge >= 0.3 is 0 Å². The molecule has 0 saturated carbocycles. The van der Waals surface area contributed by atoms with Gasteiger partial charge in [-0.3, -0.25) is 4.57 Å². The van der Waals surface area contributed by atoms with Gasteiger partial charge in [0.15, 0.2) is 11.0 Å². The molecule has 0 amide bonds. The molecule has 5 heteroatoms. The van der Waals surface area contributed by atoms with Crippen molar-refractivity contribution in [3.8, 4) is 11.4 Å². The third-order valence-electron chi connectivity index (χ3n) is 4.50. The van der Waals surface area contributed by atoms with E-state index in [1.807, 2.05) is 18.2 Å². The van der Waals surface area contributed by atoms with Crippen LogP contribution in [0.3, 0.4) is 0 Å². The zero-order valence-corrected chi connectivity index (χ0v) is 16.0. The summed E-state index contributed by atoms with van der Waals surface area (Å²) in [7, 11) is 1.72. The Hall–Kier alpha value is -2.63. The van der Waals surface area contributed by atoms with Crippen molar-refractivity contribution in [3.63, 3.8) is 0 Å². The Bertz CT molecular complexity index is 1020. The Balaban J connectivity index is 1.62. The van der Waals surface area contributed by atoms with Crippen LogP contribution in [0.4, 0.5) is 0 Å². The highest BCUT2D eigenvalue weighted by molar-refractivity contribution is 7.98. The monoisotopic (exact) mass is 375 g/mol. The minimum Gasteiger partial charge on any atom is -0.383 e. The van der Waals surface area contributed by atoms with Gasteiger partial charge in [0.1, 0.15) is 0 Å². The first-order chi connectivity index (χ1) is 13.4. The van der Waals surface area contributed by atoms with Crippen LogP contribution in [-0.2, 0) is 17.0 Å². The van der Waals surface area contributed by atoms with Crippen LogP contribution in [-0.4, -0.2) is 28.5 Å². The number of methoxy groups -OCH3 is 1. The first-order valence-electron chi connectivity index (χ1n) is 8.94. The maximum Gasteiger partial charge on any atom is 0.191 e. The third-order valence-corrected chi connectivity index (χ3v) is 5.52. The standard InChI is InChI=1S/C22H21N3OS/c1-26-15-14-25-21(18-9-3-2-4-10-18)23-24-22(25)27-16-19-12-7-11-17-8-5-6-13-20(17)19/h2-13H,14-16H2,1H3. The van der Waals surface area contributed by atoms with Crippen molar-refractivity contribution < 1.29 is 4.74 Å². The number of hydrogen-bond acceptors (Lipinski definition) is 4. The molecule has 0 fully saturated rings. The molecule has 0 aliphatic rings. The Kier molecular flexibility index (Phi) is 5.51. The van der Waals surface area contributed by atoms with Crippen LogP contribution in [0.5, 0.6) is 0 Å². The molecular weight excluding hydrogens is 354 g/mol. The van der Waals surface area contributed by atoms with Crippen LogP contribution in [0.15, 0.2) is 78.0 Å². The van der Waals surface area contributed by atoms with Gasteiger partial charge < -0.3 is 4.74 Å². The van der Waals surface area contributed by atoms with Crippen LogP contribution in [0, 0.1) is 0 Å². The lowest BCUT2D eigenvalue weighted by atomic mass is 10.1. The predicted octanol–water partition coefficient (Wildman–Crippen LogP) is 5.04. The summed E-state index contributed by atoms with van der Waals surface area (Å²) in [5, 5.41) is 12.4. The molecule has 4 nitrogen and oxygen atoms in total. The fraction of sp³-hybridized carbons (Fsp3) is 0.182. The molecule has 4 rings (SSSR count). The molecule has 0 unspecified atom stereocenters. The number of fused-ring (bicyclic) bond motifs is 1. The largest absolute Gasteiger partial charge is 0.383 e. The van der Waals surface area contributed by atoms with Crippen molar-refractivity contribution in [2.45, 2.75) is 17.5 Å². The average Bonchev–Trinajstić information content (AvgIpc) is 3.14. The van der Waals surface area contributed by atoms with Crippen LogP contribution < -0.4 is 0 Å². The van der Waals surface area contributed by atoms with Gasteiger partial charge in [-0.25, -0.2) is 0 Å². The number of benzene rings is 3. The van der Waals surface area contributed by atoms with Crippen molar-refractivity contribution in [1.82, 2.24) is 14.8 Å². The number of ether oxygens (including phenoxy) is 1. The molecule has 0 radical (unpaired) electrons. The fourth-order valence-corrected chi connectivity index (χ4v) is 4.11. The molecule has 0 atom stereocenters. The van der Waals surface area contributed by atoms with Crippen LogP contribution in [0.2, 0.25) is 0 Å². The maximum absolute atomic E-state index is 5.30. The number of thioether (sulfide) groups is 1. The van der Waals surface area contributed by atoms with Crippen molar-refractivity contribution in [2.24, 2.45) is 0 Å². The first kappa shape index (κ1) is 17.8. The molecular formula is C22H21N3OS. The van der Waals surface area contributed by atoms with E-state index in [1.54, 1.807) is 18.9 Å². The highest BCUT2D eigenvalue weighted by atomic mass is 32.2. The number of hydrogen-bond donors (Lipinski definition) is 0. The Morgan fingerprint density at radius 1 is 0.889 bits per heavy atom. The summed E-state index contributed by atoms with van der Waals surface area (Å²) in [4.78, 5) is 0. The molecule has 27 heavy (non-hydrogen) atoms. The summed E-state index contributed by atoms with van der Waals surface area (Å²) < 4.78 is 7.44. The Morgan fingerprint density at radius 2 is 1.67 bits per heavy atom. The molecule has 0 saturated heterocycles. The summed E-state index contributed by atoms with van der Waals surface area (Å²) in [5.41, 5.74) is 2.37. The zero-order chi connectivity index (χ0) is 18.5. The molecule has 0 aliphatic heterocycles. The second-order valence-electron chi connectivity index (χ2n) is 6.24. The quantitative estimate of drug-likeness (QED) is 0.424. The van der Waals surface area contributed by atoms with Crippen LogP contribution in [0.25, 0.3) is 22.2 Å². The summed E-state index contributed by atoms with van der Waals surface area (Å²) in [6.07, 6.45) is 0. The molecule has 0 spiro atoms. The van der Waals surface area contributed by atoms with E-state index in [4.69, 9.17) is 4.74 Å². The van der Waals surface area contributed by atoms with E-state index in [0.29, 0.717) is 6.61 Å². The molecule has 0 aliphatic carbocycles.